The van der Waals surface area contributed by atoms with E-state index >= 15 is 0 Å². The van der Waals surface area contributed by atoms with Gasteiger partial charge >= 0.3 is 0 Å². The number of thioether (sulfide) groups is 1. The summed E-state index contributed by atoms with van der Waals surface area (Å²) in [4.78, 5) is 11.4. The second-order valence-corrected chi connectivity index (χ2v) is 5.30. The van der Waals surface area contributed by atoms with Gasteiger partial charge in [0.1, 0.15) is 5.78 Å². The number of aliphatic hydroxyl groups excluding tert-OH is 1. The highest BCUT2D eigenvalue weighted by molar-refractivity contribution is 7.99. The fraction of sp³-hybridized carbons (Fsp3) is 0.909. The number of hydrogen-bond acceptors (Lipinski definition) is 3. The third kappa shape index (κ3) is 3.28. The Labute approximate surface area is 90.5 Å². The Hall–Kier alpha value is -0.0200. The maximum absolute atomic E-state index is 11.4. The van der Waals surface area contributed by atoms with E-state index in [9.17, 15) is 9.90 Å². The fourth-order valence-corrected chi connectivity index (χ4v) is 3.18. The van der Waals surface area contributed by atoms with Gasteiger partial charge in [-0.25, -0.2) is 0 Å². The molecule has 1 heterocycles. The van der Waals surface area contributed by atoms with Gasteiger partial charge in [0, 0.05) is 12.3 Å². The van der Waals surface area contributed by atoms with Crippen LogP contribution in [0.5, 0.6) is 0 Å². The summed E-state index contributed by atoms with van der Waals surface area (Å²) in [6, 6.07) is 0. The molecule has 0 aromatic heterocycles. The average molecular weight is 216 g/mol. The molecule has 1 rings (SSSR count). The largest absolute Gasteiger partial charge is 0.393 e. The molecule has 2 nitrogen and oxygen atoms in total. The molecule has 1 aliphatic heterocycles. The molecule has 0 spiro atoms. The summed E-state index contributed by atoms with van der Waals surface area (Å²) in [7, 11) is 0. The molecule has 0 saturated carbocycles. The van der Waals surface area contributed by atoms with Crippen LogP contribution in [0.1, 0.15) is 33.1 Å². The third-order valence-electron chi connectivity index (χ3n) is 2.99. The summed E-state index contributed by atoms with van der Waals surface area (Å²) in [6.45, 7) is 3.89. The van der Waals surface area contributed by atoms with E-state index in [2.05, 4.69) is 0 Å². The van der Waals surface area contributed by atoms with E-state index < -0.39 is 0 Å². The molecular weight excluding hydrogens is 196 g/mol. The minimum absolute atomic E-state index is 0.123. The molecule has 0 radical (unpaired) electrons. The van der Waals surface area contributed by atoms with E-state index in [0.29, 0.717) is 18.1 Å². The number of carbonyl (C=O) groups excluding carboxylic acids is 1. The first-order valence-electron chi connectivity index (χ1n) is 5.43. The minimum Gasteiger partial charge on any atom is -0.393 e. The minimum atomic E-state index is -0.177. The lowest BCUT2D eigenvalue weighted by Gasteiger charge is -2.28. The van der Waals surface area contributed by atoms with Crippen molar-refractivity contribution in [1.82, 2.24) is 0 Å². The molecule has 1 saturated heterocycles. The van der Waals surface area contributed by atoms with Crippen LogP contribution in [0.4, 0.5) is 0 Å². The lowest BCUT2D eigenvalue weighted by Crippen LogP contribution is -2.30. The first kappa shape index (κ1) is 12.1. The molecule has 1 fully saturated rings. The Morgan fingerprint density at radius 3 is 2.93 bits per heavy atom. The van der Waals surface area contributed by atoms with E-state index in [1.54, 1.807) is 0 Å². The van der Waals surface area contributed by atoms with Gasteiger partial charge in [-0.1, -0.05) is 13.8 Å². The van der Waals surface area contributed by atoms with Gasteiger partial charge in [0.05, 0.1) is 6.10 Å². The molecule has 0 aromatic rings. The van der Waals surface area contributed by atoms with E-state index in [1.807, 2.05) is 25.6 Å². The smallest absolute Gasteiger partial charge is 0.135 e. The average Bonchev–Trinajstić information content (AvgIpc) is 2.20. The first-order valence-corrected chi connectivity index (χ1v) is 6.59. The maximum Gasteiger partial charge on any atom is 0.135 e. The van der Waals surface area contributed by atoms with Crippen LogP contribution in [0.3, 0.4) is 0 Å². The fourth-order valence-electron chi connectivity index (χ4n) is 1.94. The number of rotatable bonds is 4. The third-order valence-corrected chi connectivity index (χ3v) is 4.18. The van der Waals surface area contributed by atoms with Crippen molar-refractivity contribution in [3.05, 3.63) is 0 Å². The van der Waals surface area contributed by atoms with Crippen LogP contribution in [0.2, 0.25) is 0 Å². The van der Waals surface area contributed by atoms with Crippen molar-refractivity contribution in [2.75, 3.05) is 11.5 Å². The zero-order valence-electron chi connectivity index (χ0n) is 9.03. The lowest BCUT2D eigenvalue weighted by atomic mass is 9.88. The monoisotopic (exact) mass is 216 g/mol. The molecule has 14 heavy (non-hydrogen) atoms. The summed E-state index contributed by atoms with van der Waals surface area (Å²) in [5, 5.41) is 9.75. The van der Waals surface area contributed by atoms with Gasteiger partial charge in [0.15, 0.2) is 0 Å². The maximum atomic E-state index is 11.4. The Balaban J connectivity index is 2.38. The predicted molar refractivity (Wildman–Crippen MR) is 60.5 cm³/mol. The molecule has 3 atom stereocenters. The topological polar surface area (TPSA) is 37.3 Å². The highest BCUT2D eigenvalue weighted by Crippen LogP contribution is 2.28. The summed E-state index contributed by atoms with van der Waals surface area (Å²) < 4.78 is 0. The van der Waals surface area contributed by atoms with Crippen LogP contribution < -0.4 is 0 Å². The Bertz CT molecular complexity index is 194. The van der Waals surface area contributed by atoms with Crippen LogP contribution in [-0.4, -0.2) is 28.5 Å². The van der Waals surface area contributed by atoms with Gasteiger partial charge in [0.2, 0.25) is 0 Å². The molecule has 82 valence electrons. The lowest BCUT2D eigenvalue weighted by molar-refractivity contribution is -0.122. The van der Waals surface area contributed by atoms with Crippen molar-refractivity contribution in [2.45, 2.75) is 39.2 Å². The first-order chi connectivity index (χ1) is 6.65. The van der Waals surface area contributed by atoms with Gasteiger partial charge in [-0.15, -0.1) is 0 Å². The molecule has 0 amide bonds. The number of aliphatic hydroxyl groups is 1. The van der Waals surface area contributed by atoms with Crippen LogP contribution >= 0.6 is 11.8 Å². The van der Waals surface area contributed by atoms with Gasteiger partial charge in [-0.3, -0.25) is 4.79 Å². The SMILES string of the molecule is CCC(=O)[C@@H](C)C[C@@H]1CSCC[C@@H]1O. The molecule has 0 unspecified atom stereocenters. The molecule has 0 aliphatic carbocycles. The molecule has 3 heteroatoms. The van der Waals surface area contributed by atoms with E-state index in [-0.39, 0.29) is 12.0 Å². The van der Waals surface area contributed by atoms with Crippen LogP contribution in [0.15, 0.2) is 0 Å². The highest BCUT2D eigenvalue weighted by Gasteiger charge is 2.26. The van der Waals surface area contributed by atoms with Gasteiger partial charge in [-0.2, -0.15) is 11.8 Å². The van der Waals surface area contributed by atoms with Gasteiger partial charge in [-0.05, 0) is 30.3 Å². The van der Waals surface area contributed by atoms with E-state index in [1.165, 1.54) is 0 Å². The van der Waals surface area contributed by atoms with Crippen LogP contribution in [0.25, 0.3) is 0 Å². The number of hydrogen-bond donors (Lipinski definition) is 1. The summed E-state index contributed by atoms with van der Waals surface area (Å²) in [6.07, 6.45) is 2.20. The van der Waals surface area contributed by atoms with Crippen LogP contribution in [-0.2, 0) is 4.79 Å². The van der Waals surface area contributed by atoms with Gasteiger partial charge in [0.25, 0.3) is 0 Å². The van der Waals surface area contributed by atoms with Crippen molar-refractivity contribution in [3.8, 4) is 0 Å². The number of carbonyl (C=O) groups is 1. The molecule has 1 aliphatic rings. The van der Waals surface area contributed by atoms with Crippen molar-refractivity contribution in [2.24, 2.45) is 11.8 Å². The van der Waals surface area contributed by atoms with Crippen molar-refractivity contribution in [1.29, 1.82) is 0 Å². The van der Waals surface area contributed by atoms with Crippen molar-refractivity contribution < 1.29 is 9.90 Å². The highest BCUT2D eigenvalue weighted by atomic mass is 32.2. The van der Waals surface area contributed by atoms with Crippen molar-refractivity contribution in [3.63, 3.8) is 0 Å². The van der Waals surface area contributed by atoms with Gasteiger partial charge < -0.3 is 5.11 Å². The predicted octanol–water partition coefficient (Wildman–Crippen LogP) is 2.11. The molecule has 0 aromatic carbocycles. The number of Topliss-reactive ketones (excluding diaryl/α,β-unsaturated/α-hetero) is 1. The normalized spacial score (nSPS) is 29.9. The second kappa shape index (κ2) is 5.76. The summed E-state index contributed by atoms with van der Waals surface area (Å²) in [5.74, 6) is 2.86. The zero-order chi connectivity index (χ0) is 10.6. The Morgan fingerprint density at radius 1 is 1.64 bits per heavy atom. The molecule has 1 N–H and O–H groups in total. The Morgan fingerprint density at radius 2 is 2.36 bits per heavy atom. The summed E-state index contributed by atoms with van der Waals surface area (Å²) in [5.41, 5.74) is 0. The summed E-state index contributed by atoms with van der Waals surface area (Å²) >= 11 is 1.90. The standard InChI is InChI=1S/C11H20O2S/c1-3-10(12)8(2)6-9-7-14-5-4-11(9)13/h8-9,11,13H,3-7H2,1-2H3/t8-,9+,11-/m0/s1. The molecular formula is C11H20O2S. The van der Waals surface area contributed by atoms with E-state index in [4.69, 9.17) is 0 Å². The van der Waals surface area contributed by atoms with Crippen LogP contribution in [0, 0.1) is 11.8 Å². The van der Waals surface area contributed by atoms with E-state index in [0.717, 1.165) is 24.3 Å². The van der Waals surface area contributed by atoms with Crippen molar-refractivity contribution >= 4 is 17.5 Å². The number of ketones is 1. The Kier molecular flexibility index (Phi) is 4.96. The molecule has 0 bridgehead atoms. The zero-order valence-corrected chi connectivity index (χ0v) is 9.85. The quantitative estimate of drug-likeness (QED) is 0.782. The second-order valence-electron chi connectivity index (χ2n) is 4.15.